The summed E-state index contributed by atoms with van der Waals surface area (Å²) in [6.45, 7) is 4.28. The van der Waals surface area contributed by atoms with E-state index in [0.29, 0.717) is 22.8 Å². The molecule has 90 valence electrons. The molecule has 1 unspecified atom stereocenters. The number of nitrogens with one attached hydrogen (secondary N) is 2. The van der Waals surface area contributed by atoms with Gasteiger partial charge in [0.2, 0.25) is 5.95 Å². The minimum absolute atomic E-state index is 0.359. The Morgan fingerprint density at radius 3 is 2.81 bits per heavy atom. The van der Waals surface area contributed by atoms with E-state index in [1.807, 2.05) is 0 Å². The third-order valence-corrected chi connectivity index (χ3v) is 2.62. The van der Waals surface area contributed by atoms with Crippen molar-refractivity contribution >= 4 is 23.4 Å². The Balaban J connectivity index is 2.77. The van der Waals surface area contributed by atoms with Crippen LogP contribution in [0.2, 0.25) is 5.02 Å². The summed E-state index contributed by atoms with van der Waals surface area (Å²) in [4.78, 5) is 8.09. The maximum absolute atomic E-state index is 6.00. The summed E-state index contributed by atoms with van der Waals surface area (Å²) in [5, 5.41) is 3.80. The highest BCUT2D eigenvalue weighted by Crippen LogP contribution is 2.21. The van der Waals surface area contributed by atoms with Crippen LogP contribution in [0.5, 0.6) is 0 Å². The SMILES string of the molecule is CCCC(CC)Nc1nc(NN)ncc1Cl. The molecule has 0 aromatic carbocycles. The van der Waals surface area contributed by atoms with Gasteiger partial charge in [0, 0.05) is 6.04 Å². The highest BCUT2D eigenvalue weighted by atomic mass is 35.5. The molecule has 0 radical (unpaired) electrons. The Kier molecular flexibility index (Phi) is 5.28. The maximum atomic E-state index is 6.00. The Bertz CT molecular complexity index is 331. The van der Waals surface area contributed by atoms with Crippen molar-refractivity contribution in [1.29, 1.82) is 0 Å². The normalized spacial score (nSPS) is 12.2. The molecule has 4 N–H and O–H groups in total. The lowest BCUT2D eigenvalue weighted by Crippen LogP contribution is -2.20. The summed E-state index contributed by atoms with van der Waals surface area (Å²) >= 11 is 6.00. The predicted molar refractivity (Wildman–Crippen MR) is 67.5 cm³/mol. The Hall–Kier alpha value is -1.07. The molecule has 1 aromatic rings. The van der Waals surface area contributed by atoms with Gasteiger partial charge in [0.15, 0.2) is 5.82 Å². The quantitative estimate of drug-likeness (QED) is 0.528. The van der Waals surface area contributed by atoms with E-state index in [9.17, 15) is 0 Å². The van der Waals surface area contributed by atoms with E-state index in [-0.39, 0.29) is 0 Å². The van der Waals surface area contributed by atoms with Crippen LogP contribution < -0.4 is 16.6 Å². The van der Waals surface area contributed by atoms with Gasteiger partial charge in [-0.15, -0.1) is 0 Å². The molecule has 0 saturated heterocycles. The number of aromatic nitrogens is 2. The first-order chi connectivity index (χ1) is 7.71. The summed E-state index contributed by atoms with van der Waals surface area (Å²) in [5.74, 6) is 6.23. The van der Waals surface area contributed by atoms with Gasteiger partial charge < -0.3 is 5.32 Å². The third-order valence-electron chi connectivity index (χ3n) is 2.34. The number of rotatable bonds is 6. The number of anilines is 2. The van der Waals surface area contributed by atoms with Gasteiger partial charge in [-0.05, 0) is 12.8 Å². The van der Waals surface area contributed by atoms with E-state index in [4.69, 9.17) is 17.4 Å². The summed E-state index contributed by atoms with van der Waals surface area (Å²) in [5.41, 5.74) is 2.40. The lowest BCUT2D eigenvalue weighted by molar-refractivity contribution is 0.620. The van der Waals surface area contributed by atoms with Gasteiger partial charge in [-0.2, -0.15) is 4.98 Å². The molecular weight excluding hydrogens is 226 g/mol. The number of nitrogens with zero attached hydrogens (tertiary/aromatic N) is 2. The number of hydrogen-bond acceptors (Lipinski definition) is 5. The molecule has 6 heteroatoms. The van der Waals surface area contributed by atoms with Crippen molar-refractivity contribution in [3.63, 3.8) is 0 Å². The van der Waals surface area contributed by atoms with Gasteiger partial charge in [0.1, 0.15) is 5.02 Å². The van der Waals surface area contributed by atoms with Crippen LogP contribution in [0, 0.1) is 0 Å². The summed E-state index contributed by atoms with van der Waals surface area (Å²) in [7, 11) is 0. The Morgan fingerprint density at radius 1 is 1.50 bits per heavy atom. The number of hydrogen-bond donors (Lipinski definition) is 3. The molecule has 0 aliphatic rings. The molecule has 1 atom stereocenters. The summed E-state index contributed by atoms with van der Waals surface area (Å²) in [6, 6.07) is 0.378. The number of halogens is 1. The molecule has 5 nitrogen and oxygen atoms in total. The van der Waals surface area contributed by atoms with Gasteiger partial charge in [-0.25, -0.2) is 10.8 Å². The second-order valence-electron chi connectivity index (χ2n) is 3.57. The van der Waals surface area contributed by atoms with Crippen molar-refractivity contribution in [3.8, 4) is 0 Å². The Labute approximate surface area is 101 Å². The van der Waals surface area contributed by atoms with Crippen LogP contribution in [0.3, 0.4) is 0 Å². The smallest absolute Gasteiger partial charge is 0.239 e. The molecule has 0 spiro atoms. The zero-order chi connectivity index (χ0) is 12.0. The standard InChI is InChI=1S/C10H18ClN5/c1-3-5-7(4-2)14-9-8(11)6-13-10(15-9)16-12/h6-7H,3-5,12H2,1-2H3,(H2,13,14,15,16). The number of nitrogens with two attached hydrogens (primary N) is 1. The van der Waals surface area contributed by atoms with Gasteiger partial charge in [-0.3, -0.25) is 5.43 Å². The predicted octanol–water partition coefficient (Wildman–Crippen LogP) is 2.41. The first kappa shape index (κ1) is 13.0. The van der Waals surface area contributed by atoms with Crippen molar-refractivity contribution in [3.05, 3.63) is 11.2 Å². The maximum Gasteiger partial charge on any atom is 0.239 e. The Morgan fingerprint density at radius 2 is 2.25 bits per heavy atom. The van der Waals surface area contributed by atoms with Crippen molar-refractivity contribution in [2.45, 2.75) is 39.2 Å². The van der Waals surface area contributed by atoms with Gasteiger partial charge >= 0.3 is 0 Å². The van der Waals surface area contributed by atoms with Crippen LogP contribution in [0.15, 0.2) is 6.20 Å². The second kappa shape index (κ2) is 6.50. The molecule has 0 aliphatic carbocycles. The molecule has 0 amide bonds. The first-order valence-corrected chi connectivity index (χ1v) is 5.84. The molecule has 0 fully saturated rings. The molecule has 0 saturated carbocycles. The molecule has 1 rings (SSSR count). The average molecular weight is 244 g/mol. The van der Waals surface area contributed by atoms with Crippen LogP contribution in [0.25, 0.3) is 0 Å². The number of nitrogen functional groups attached to an aromatic ring is 1. The topological polar surface area (TPSA) is 75.9 Å². The second-order valence-corrected chi connectivity index (χ2v) is 3.98. The van der Waals surface area contributed by atoms with E-state index < -0.39 is 0 Å². The zero-order valence-electron chi connectivity index (χ0n) is 9.63. The molecule has 1 heterocycles. The fourth-order valence-corrected chi connectivity index (χ4v) is 1.60. The van der Waals surface area contributed by atoms with Crippen LogP contribution in [-0.2, 0) is 0 Å². The van der Waals surface area contributed by atoms with Crippen molar-refractivity contribution in [1.82, 2.24) is 9.97 Å². The average Bonchev–Trinajstić information content (AvgIpc) is 2.31. The van der Waals surface area contributed by atoms with E-state index in [2.05, 4.69) is 34.6 Å². The van der Waals surface area contributed by atoms with Crippen molar-refractivity contribution in [2.24, 2.45) is 5.84 Å². The summed E-state index contributed by atoms with van der Waals surface area (Å²) in [6.07, 6.45) is 4.77. The van der Waals surface area contributed by atoms with Crippen molar-refractivity contribution in [2.75, 3.05) is 10.7 Å². The van der Waals surface area contributed by atoms with Gasteiger partial charge in [0.25, 0.3) is 0 Å². The molecule has 16 heavy (non-hydrogen) atoms. The van der Waals surface area contributed by atoms with Crippen LogP contribution in [0.4, 0.5) is 11.8 Å². The largest absolute Gasteiger partial charge is 0.366 e. The van der Waals surface area contributed by atoms with Crippen molar-refractivity contribution < 1.29 is 0 Å². The molecule has 1 aromatic heterocycles. The van der Waals surface area contributed by atoms with E-state index in [0.717, 1.165) is 19.3 Å². The highest BCUT2D eigenvalue weighted by Gasteiger charge is 2.09. The zero-order valence-corrected chi connectivity index (χ0v) is 10.4. The highest BCUT2D eigenvalue weighted by molar-refractivity contribution is 6.32. The monoisotopic (exact) mass is 243 g/mol. The van der Waals surface area contributed by atoms with Gasteiger partial charge in [0.05, 0.1) is 6.20 Å². The summed E-state index contributed by atoms with van der Waals surface area (Å²) < 4.78 is 0. The first-order valence-electron chi connectivity index (χ1n) is 5.46. The van der Waals surface area contributed by atoms with Crippen LogP contribution >= 0.6 is 11.6 Å². The number of hydrazine groups is 1. The third kappa shape index (κ3) is 3.50. The minimum Gasteiger partial charge on any atom is -0.366 e. The van der Waals surface area contributed by atoms with E-state index >= 15 is 0 Å². The lowest BCUT2D eigenvalue weighted by Gasteiger charge is -2.17. The fourth-order valence-electron chi connectivity index (χ4n) is 1.46. The minimum atomic E-state index is 0.359. The van der Waals surface area contributed by atoms with Gasteiger partial charge in [-0.1, -0.05) is 31.9 Å². The van der Waals surface area contributed by atoms with Crippen LogP contribution in [0.1, 0.15) is 33.1 Å². The van der Waals surface area contributed by atoms with E-state index in [1.54, 1.807) is 0 Å². The van der Waals surface area contributed by atoms with E-state index in [1.165, 1.54) is 6.20 Å². The molecular formula is C10H18ClN5. The van der Waals surface area contributed by atoms with Crippen LogP contribution in [-0.4, -0.2) is 16.0 Å². The molecule has 0 aliphatic heterocycles. The molecule has 0 bridgehead atoms. The fraction of sp³-hybridized carbons (Fsp3) is 0.600. The lowest BCUT2D eigenvalue weighted by atomic mass is 10.1.